The molecule has 0 saturated carbocycles. The topological polar surface area (TPSA) is 42.3 Å². The first-order valence-electron chi connectivity index (χ1n) is 8.92. The van der Waals surface area contributed by atoms with E-state index in [4.69, 9.17) is 5.26 Å². The van der Waals surface area contributed by atoms with Gasteiger partial charge in [-0.2, -0.15) is 5.26 Å². The summed E-state index contributed by atoms with van der Waals surface area (Å²) >= 11 is 0. The number of nitrogens with zero attached hydrogens (tertiary/aromatic N) is 3. The number of hydrogen-bond acceptors (Lipinski definition) is 4. The third-order valence-corrected chi connectivity index (χ3v) is 4.84. The van der Waals surface area contributed by atoms with E-state index >= 15 is 0 Å². The number of piperazine rings is 1. The van der Waals surface area contributed by atoms with Crippen LogP contribution in [-0.2, 0) is 19.6 Å². The van der Waals surface area contributed by atoms with Gasteiger partial charge in [-0.05, 0) is 35.9 Å². The molecule has 2 aromatic rings. The molecule has 4 heteroatoms. The number of nitrogens with one attached hydrogen (secondary N) is 1. The molecule has 130 valence electrons. The van der Waals surface area contributed by atoms with Gasteiger partial charge < -0.3 is 10.2 Å². The fourth-order valence-corrected chi connectivity index (χ4v) is 3.17. The second-order valence-corrected chi connectivity index (χ2v) is 6.76. The molecule has 0 radical (unpaired) electrons. The van der Waals surface area contributed by atoms with Crippen LogP contribution in [0.1, 0.15) is 22.3 Å². The van der Waals surface area contributed by atoms with Gasteiger partial charge in [-0.25, -0.2) is 0 Å². The Kier molecular flexibility index (Phi) is 6.19. The van der Waals surface area contributed by atoms with E-state index in [0.717, 1.165) is 45.8 Å². The maximum absolute atomic E-state index is 8.86. The van der Waals surface area contributed by atoms with Crippen LogP contribution in [0.4, 0.5) is 0 Å². The van der Waals surface area contributed by atoms with Crippen LogP contribution < -0.4 is 5.32 Å². The Morgan fingerprint density at radius 2 is 1.60 bits per heavy atom. The lowest BCUT2D eigenvalue weighted by molar-refractivity contribution is 0.148. The molecule has 3 rings (SSSR count). The van der Waals surface area contributed by atoms with E-state index in [1.54, 1.807) is 0 Å². The van der Waals surface area contributed by atoms with Gasteiger partial charge in [0.2, 0.25) is 0 Å². The van der Waals surface area contributed by atoms with E-state index in [9.17, 15) is 0 Å². The van der Waals surface area contributed by atoms with Crippen molar-refractivity contribution in [3.05, 3.63) is 70.8 Å². The lowest BCUT2D eigenvalue weighted by atomic mass is 10.1. The van der Waals surface area contributed by atoms with Crippen molar-refractivity contribution in [2.45, 2.75) is 19.6 Å². The van der Waals surface area contributed by atoms with E-state index in [1.165, 1.54) is 16.7 Å². The van der Waals surface area contributed by atoms with E-state index in [1.807, 2.05) is 24.3 Å². The molecule has 0 aliphatic carbocycles. The normalized spacial score (nSPS) is 15.8. The van der Waals surface area contributed by atoms with Gasteiger partial charge in [-0.15, -0.1) is 0 Å². The monoisotopic (exact) mass is 334 g/mol. The van der Waals surface area contributed by atoms with Gasteiger partial charge in [0.15, 0.2) is 0 Å². The van der Waals surface area contributed by atoms with E-state index in [2.05, 4.69) is 52.5 Å². The maximum Gasteiger partial charge on any atom is 0.0991 e. The Bertz CT molecular complexity index is 709. The van der Waals surface area contributed by atoms with Gasteiger partial charge >= 0.3 is 0 Å². The molecule has 0 atom stereocenters. The average Bonchev–Trinajstić information content (AvgIpc) is 2.65. The highest BCUT2D eigenvalue weighted by Crippen LogP contribution is 2.13. The molecule has 1 fully saturated rings. The van der Waals surface area contributed by atoms with Crippen molar-refractivity contribution >= 4 is 0 Å². The quantitative estimate of drug-likeness (QED) is 0.882. The molecule has 1 aliphatic rings. The zero-order valence-electron chi connectivity index (χ0n) is 14.9. The van der Waals surface area contributed by atoms with Crippen LogP contribution in [0, 0.1) is 11.3 Å². The molecule has 25 heavy (non-hydrogen) atoms. The minimum atomic E-state index is 0.710. The third-order valence-electron chi connectivity index (χ3n) is 4.84. The van der Waals surface area contributed by atoms with Crippen molar-refractivity contribution in [2.24, 2.45) is 0 Å². The summed E-state index contributed by atoms with van der Waals surface area (Å²) in [6, 6.07) is 18.7. The summed E-state index contributed by atoms with van der Waals surface area (Å²) in [5, 5.41) is 12.4. The Morgan fingerprint density at radius 1 is 0.920 bits per heavy atom. The van der Waals surface area contributed by atoms with Crippen molar-refractivity contribution < 1.29 is 0 Å². The summed E-state index contributed by atoms with van der Waals surface area (Å²) in [7, 11) is 2.19. The minimum absolute atomic E-state index is 0.710. The first-order chi connectivity index (χ1) is 12.2. The van der Waals surface area contributed by atoms with Crippen LogP contribution in [0.5, 0.6) is 0 Å². The predicted octanol–water partition coefficient (Wildman–Crippen LogP) is 2.60. The molecule has 0 amide bonds. The van der Waals surface area contributed by atoms with Gasteiger partial charge in [-0.1, -0.05) is 36.4 Å². The zero-order chi connectivity index (χ0) is 17.5. The van der Waals surface area contributed by atoms with Crippen molar-refractivity contribution in [1.29, 1.82) is 5.26 Å². The molecule has 1 saturated heterocycles. The minimum Gasteiger partial charge on any atom is -0.309 e. The number of likely N-dealkylation sites (N-methyl/N-ethyl adjacent to an activating group) is 1. The Hall–Kier alpha value is -2.19. The van der Waals surface area contributed by atoms with Gasteiger partial charge in [0.1, 0.15) is 0 Å². The highest BCUT2D eigenvalue weighted by Gasteiger charge is 2.15. The van der Waals surface area contributed by atoms with Crippen LogP contribution in [0.15, 0.2) is 48.5 Å². The molecular weight excluding hydrogens is 308 g/mol. The second kappa shape index (κ2) is 8.77. The second-order valence-electron chi connectivity index (χ2n) is 6.76. The van der Waals surface area contributed by atoms with E-state index in [-0.39, 0.29) is 0 Å². The molecule has 2 aromatic carbocycles. The number of nitriles is 1. The van der Waals surface area contributed by atoms with Crippen LogP contribution >= 0.6 is 0 Å². The number of rotatable bonds is 6. The van der Waals surface area contributed by atoms with Crippen molar-refractivity contribution in [1.82, 2.24) is 15.1 Å². The van der Waals surface area contributed by atoms with Gasteiger partial charge in [-0.3, -0.25) is 4.90 Å². The fraction of sp³-hybridized carbons (Fsp3) is 0.381. The van der Waals surface area contributed by atoms with Crippen LogP contribution in [0.2, 0.25) is 0 Å². The Balaban J connectivity index is 1.54. The summed E-state index contributed by atoms with van der Waals surface area (Å²) in [4.78, 5) is 4.93. The maximum atomic E-state index is 8.86. The third kappa shape index (κ3) is 5.14. The van der Waals surface area contributed by atoms with E-state index < -0.39 is 0 Å². The standard InChI is InChI=1S/C21H26N4/c1-24-10-12-25(13-11-24)17-21-5-3-2-4-20(21)16-23-15-19-8-6-18(14-22)7-9-19/h2-9,23H,10-13,15-17H2,1H3. The van der Waals surface area contributed by atoms with Crippen molar-refractivity contribution in [2.75, 3.05) is 33.2 Å². The largest absolute Gasteiger partial charge is 0.309 e. The zero-order valence-corrected chi connectivity index (χ0v) is 14.9. The number of hydrogen-bond donors (Lipinski definition) is 1. The first-order valence-corrected chi connectivity index (χ1v) is 8.92. The van der Waals surface area contributed by atoms with Gasteiger partial charge in [0.05, 0.1) is 11.6 Å². The lowest BCUT2D eigenvalue weighted by Crippen LogP contribution is -2.44. The summed E-state index contributed by atoms with van der Waals surface area (Å²) in [5.41, 5.74) is 4.70. The van der Waals surface area contributed by atoms with Crippen LogP contribution in [0.25, 0.3) is 0 Å². The molecule has 0 unspecified atom stereocenters. The fourth-order valence-electron chi connectivity index (χ4n) is 3.17. The molecule has 1 aliphatic heterocycles. The molecule has 0 aromatic heterocycles. The molecule has 1 heterocycles. The summed E-state index contributed by atoms with van der Waals surface area (Å²) in [6.45, 7) is 7.30. The molecule has 4 nitrogen and oxygen atoms in total. The molecule has 0 spiro atoms. The predicted molar refractivity (Wildman–Crippen MR) is 101 cm³/mol. The summed E-state index contributed by atoms with van der Waals surface area (Å²) in [5.74, 6) is 0. The van der Waals surface area contributed by atoms with Gasteiger partial charge in [0.25, 0.3) is 0 Å². The van der Waals surface area contributed by atoms with Crippen molar-refractivity contribution in [3.63, 3.8) is 0 Å². The Labute approximate surface area is 150 Å². The van der Waals surface area contributed by atoms with Crippen molar-refractivity contribution in [3.8, 4) is 6.07 Å². The highest BCUT2D eigenvalue weighted by molar-refractivity contribution is 5.32. The summed E-state index contributed by atoms with van der Waals surface area (Å²) < 4.78 is 0. The van der Waals surface area contributed by atoms with Crippen LogP contribution in [-0.4, -0.2) is 43.0 Å². The van der Waals surface area contributed by atoms with E-state index in [0.29, 0.717) is 5.56 Å². The van der Waals surface area contributed by atoms with Crippen LogP contribution in [0.3, 0.4) is 0 Å². The first kappa shape index (κ1) is 17.6. The molecule has 0 bridgehead atoms. The van der Waals surface area contributed by atoms with Gasteiger partial charge in [0, 0.05) is 45.8 Å². The summed E-state index contributed by atoms with van der Waals surface area (Å²) in [6.07, 6.45) is 0. The molecular formula is C21H26N4. The lowest BCUT2D eigenvalue weighted by Gasteiger charge is -2.32. The molecule has 1 N–H and O–H groups in total. The number of benzene rings is 2. The highest BCUT2D eigenvalue weighted by atomic mass is 15.2. The SMILES string of the molecule is CN1CCN(Cc2ccccc2CNCc2ccc(C#N)cc2)CC1. The Morgan fingerprint density at radius 3 is 2.28 bits per heavy atom. The smallest absolute Gasteiger partial charge is 0.0991 e. The average molecular weight is 334 g/mol.